The van der Waals surface area contributed by atoms with E-state index in [-0.39, 0.29) is 58.0 Å². The Morgan fingerprint density at radius 3 is 2.18 bits per heavy atom. The summed E-state index contributed by atoms with van der Waals surface area (Å²) >= 11 is 7.14. The third-order valence-electron chi connectivity index (χ3n) is 13.0. The number of aliphatic hydroxyl groups is 1. The van der Waals surface area contributed by atoms with E-state index in [1.54, 1.807) is 71.7 Å². The number of hydrogen-bond acceptors (Lipinski definition) is 23. The van der Waals surface area contributed by atoms with E-state index in [0.717, 1.165) is 11.3 Å². The largest absolute Gasteiger partial charge is 0.465 e. The first-order valence-corrected chi connectivity index (χ1v) is 31.0. The number of hydrogen-bond donors (Lipinski definition) is 7. The number of anilines is 1. The van der Waals surface area contributed by atoms with Crippen molar-refractivity contribution in [3.05, 3.63) is 148 Å². The molecule has 7 aromatic heterocycles. The molecule has 0 radical (unpaired) electrons. The molecule has 9 aromatic rings. The van der Waals surface area contributed by atoms with Crippen molar-refractivity contribution in [2.24, 2.45) is 5.92 Å². The van der Waals surface area contributed by atoms with Gasteiger partial charge in [-0.2, -0.15) is 0 Å². The summed E-state index contributed by atoms with van der Waals surface area (Å²) in [5.41, 5.74) is 2.91. The number of benzene rings is 2. The van der Waals surface area contributed by atoms with Gasteiger partial charge in [0.2, 0.25) is 11.8 Å². The van der Waals surface area contributed by atoms with Crippen LogP contribution >= 0.6 is 68.0 Å². The first kappa shape index (κ1) is 59.7. The molecule has 436 valence electrons. The maximum atomic E-state index is 14.3. The minimum absolute atomic E-state index is 0.00105. The van der Waals surface area contributed by atoms with Gasteiger partial charge >= 0.3 is 5.97 Å². The van der Waals surface area contributed by atoms with Gasteiger partial charge in [0, 0.05) is 52.5 Å². The molecule has 23 nitrogen and oxygen atoms in total. The molecule has 0 aliphatic carbocycles. The third-order valence-corrected chi connectivity index (χ3v) is 18.9. The summed E-state index contributed by atoms with van der Waals surface area (Å²) in [6.45, 7) is 4.95. The molecule has 4 atom stereocenters. The van der Waals surface area contributed by atoms with Crippen LogP contribution in [-0.2, 0) is 25.7 Å². The van der Waals surface area contributed by atoms with Crippen LogP contribution in [0.1, 0.15) is 127 Å². The average Bonchev–Trinajstić information content (AvgIpc) is 4.07. The Labute approximate surface area is 508 Å². The Morgan fingerprint density at radius 2 is 1.44 bits per heavy atom. The van der Waals surface area contributed by atoms with Crippen molar-refractivity contribution in [2.75, 3.05) is 33.1 Å². The van der Waals surface area contributed by atoms with E-state index in [9.17, 15) is 38.7 Å². The molecule has 85 heavy (non-hydrogen) atoms. The maximum absolute atomic E-state index is 14.3. The molecule has 8 heterocycles. The lowest BCUT2D eigenvalue weighted by molar-refractivity contribution is -0.122. The number of aliphatic hydroxyl groups excluding tert-OH is 1. The normalized spacial score (nSPS) is 16.1. The minimum atomic E-state index is -1.28. The van der Waals surface area contributed by atoms with Gasteiger partial charge in [-0.3, -0.25) is 28.8 Å². The molecule has 10 bridgehead atoms. The SMILES string of the molecule is CNC(=O)C[C@@H]1NC(=O)c2csc(n2)-c2ccc(-c3nc(NC(=O)c4ccc(C(=O)OC)cc4)cs3)nc2-c2cnc(s2)-c2csc(n2)[C@H]([C@@H](O)c2ccccc2)NC(=O)CNC(=O)c2nc(sc2COC)[C@H](C(C)C)NC(=O)c2nc1sc2C. The number of thiazole rings is 6. The smallest absolute Gasteiger partial charge is 0.337 e. The van der Waals surface area contributed by atoms with E-state index in [1.165, 1.54) is 102 Å². The van der Waals surface area contributed by atoms with Gasteiger partial charge in [0.15, 0.2) is 0 Å². The van der Waals surface area contributed by atoms with E-state index < -0.39 is 72.2 Å². The van der Waals surface area contributed by atoms with Crippen molar-refractivity contribution >= 4 is 115 Å². The number of methoxy groups -OCH3 is 2. The molecular formula is C56H51N13O10S6. The average molecular weight is 1260 g/mol. The van der Waals surface area contributed by atoms with Crippen LogP contribution in [0.15, 0.2) is 89.1 Å². The number of carbonyl (C=O) groups excluding carboxylic acids is 7. The van der Waals surface area contributed by atoms with E-state index in [0.29, 0.717) is 67.9 Å². The number of carbonyl (C=O) groups is 7. The molecule has 0 unspecified atom stereocenters. The molecule has 0 saturated carbocycles. The number of pyridine rings is 1. The van der Waals surface area contributed by atoms with Crippen molar-refractivity contribution < 1.29 is 48.1 Å². The minimum Gasteiger partial charge on any atom is -0.465 e. The number of nitrogens with zero attached hydrogens (tertiary/aromatic N) is 7. The zero-order chi connectivity index (χ0) is 60.1. The number of amides is 6. The highest BCUT2D eigenvalue weighted by Crippen LogP contribution is 2.42. The molecule has 6 amide bonds. The van der Waals surface area contributed by atoms with Crippen LogP contribution < -0.4 is 31.9 Å². The van der Waals surface area contributed by atoms with Crippen LogP contribution in [0, 0.1) is 12.8 Å². The number of aryl methyl sites for hydroxylation is 1. The molecular weight excluding hydrogens is 1210 g/mol. The van der Waals surface area contributed by atoms with E-state index in [2.05, 4.69) is 36.9 Å². The van der Waals surface area contributed by atoms with Crippen molar-refractivity contribution in [2.45, 2.75) is 58.0 Å². The number of nitrogens with one attached hydrogen (secondary N) is 6. The van der Waals surface area contributed by atoms with Gasteiger partial charge in [0.1, 0.15) is 70.8 Å². The zero-order valence-corrected chi connectivity index (χ0v) is 50.8. The molecule has 0 spiro atoms. The molecule has 0 fully saturated rings. The summed E-state index contributed by atoms with van der Waals surface area (Å²) in [6, 6.07) is 15.5. The number of aromatic nitrogens is 7. The van der Waals surface area contributed by atoms with Crippen molar-refractivity contribution in [3.8, 4) is 42.5 Å². The molecule has 10 rings (SSSR count). The van der Waals surface area contributed by atoms with Crippen LogP contribution in [0.2, 0.25) is 0 Å². The Bertz CT molecular complexity index is 3980. The third kappa shape index (κ3) is 13.4. The van der Waals surface area contributed by atoms with Crippen LogP contribution in [-0.4, -0.2) is 109 Å². The molecule has 0 saturated heterocycles. The Hall–Kier alpha value is -8.42. The second kappa shape index (κ2) is 26.2. The van der Waals surface area contributed by atoms with Crippen molar-refractivity contribution in [1.29, 1.82) is 0 Å². The monoisotopic (exact) mass is 1260 g/mol. The van der Waals surface area contributed by atoms with Gasteiger partial charge < -0.3 is 46.5 Å². The molecule has 29 heteroatoms. The molecule has 2 aromatic carbocycles. The highest BCUT2D eigenvalue weighted by atomic mass is 32.1. The second-order valence-electron chi connectivity index (χ2n) is 19.2. The number of fused-ring (bicyclic) bond motifs is 14. The van der Waals surface area contributed by atoms with Crippen LogP contribution in [0.4, 0.5) is 5.82 Å². The van der Waals surface area contributed by atoms with E-state index in [1.807, 2.05) is 13.8 Å². The summed E-state index contributed by atoms with van der Waals surface area (Å²) in [7, 11) is 4.21. The van der Waals surface area contributed by atoms with Gasteiger partial charge in [-0.1, -0.05) is 44.2 Å². The predicted molar refractivity (Wildman–Crippen MR) is 323 cm³/mol. The highest BCUT2D eigenvalue weighted by Gasteiger charge is 2.33. The fraction of sp³-hybridized carbons (Fsp3) is 0.250. The fourth-order valence-electron chi connectivity index (χ4n) is 8.70. The Kier molecular flexibility index (Phi) is 18.4. The maximum Gasteiger partial charge on any atom is 0.337 e. The lowest BCUT2D eigenvalue weighted by Crippen LogP contribution is -2.40. The van der Waals surface area contributed by atoms with Gasteiger partial charge in [0.05, 0.1) is 65.5 Å². The molecule has 7 N–H and O–H groups in total. The molecule has 1 aliphatic rings. The number of esters is 1. The summed E-state index contributed by atoms with van der Waals surface area (Å²) in [4.78, 5) is 130. The summed E-state index contributed by atoms with van der Waals surface area (Å²) in [6.07, 6.45) is 0.115. The summed E-state index contributed by atoms with van der Waals surface area (Å²) in [5.74, 6) is -3.90. The number of rotatable bonds is 11. The lowest BCUT2D eigenvalue weighted by Gasteiger charge is -2.23. The van der Waals surface area contributed by atoms with E-state index in [4.69, 9.17) is 39.4 Å². The first-order chi connectivity index (χ1) is 41.0. The Balaban J connectivity index is 1.04. The summed E-state index contributed by atoms with van der Waals surface area (Å²) in [5, 5.41) is 36.1. The Morgan fingerprint density at radius 1 is 0.694 bits per heavy atom. The van der Waals surface area contributed by atoms with E-state index >= 15 is 0 Å². The van der Waals surface area contributed by atoms with Gasteiger partial charge in [-0.05, 0) is 54.8 Å². The second-order valence-corrected chi connectivity index (χ2v) is 25.2. The van der Waals surface area contributed by atoms with Gasteiger partial charge in [0.25, 0.3) is 23.6 Å². The summed E-state index contributed by atoms with van der Waals surface area (Å²) < 4.78 is 10.2. The predicted octanol–water partition coefficient (Wildman–Crippen LogP) is 8.35. The fourth-order valence-corrected chi connectivity index (χ4v) is 14.3. The standard InChI is InChI=1S/C56H51N13O10S6/c1-25(2)40-55-69-43(36(85-55)21-78-5)48(75)58-20-39(71)66-44(45(72)27-10-8-7-9-11-27)54-63-34(23-81-54)51-59-19-35(84-51)42-30(16-17-31(60-42)52-65-37(24-82-52)64-46(73)28-12-14-29(15-13-28)56(77)79-6)50-62-33(22-80-50)47(74)61-32(18-38(70)57-4)53-68-41(26(3)83-53)49(76)67-40/h7-17,19,22-25,32,40,44-45,72H,18,20-21H2,1-6H3,(H,57,70)(H,58,75)(H,61,74)(H,64,73)(H,66,71)(H,67,76)/t32-,40-,44-,45-/m0/s1. The lowest BCUT2D eigenvalue weighted by atomic mass is 10.0. The van der Waals surface area contributed by atoms with Crippen LogP contribution in [0.3, 0.4) is 0 Å². The quantitative estimate of drug-likeness (QED) is 0.0598. The zero-order valence-electron chi connectivity index (χ0n) is 45.9. The number of ether oxygens (including phenoxy) is 2. The van der Waals surface area contributed by atoms with Crippen molar-refractivity contribution in [3.63, 3.8) is 0 Å². The van der Waals surface area contributed by atoms with Crippen LogP contribution in [0.25, 0.3) is 42.5 Å². The topological polar surface area (TPSA) is 321 Å². The van der Waals surface area contributed by atoms with Crippen molar-refractivity contribution in [1.82, 2.24) is 61.5 Å². The van der Waals surface area contributed by atoms with Crippen LogP contribution in [0.5, 0.6) is 0 Å². The molecule has 1 aliphatic heterocycles. The highest BCUT2D eigenvalue weighted by molar-refractivity contribution is 7.19. The first-order valence-electron chi connectivity index (χ1n) is 25.9. The van der Waals surface area contributed by atoms with Gasteiger partial charge in [-0.15, -0.1) is 68.0 Å². The van der Waals surface area contributed by atoms with Gasteiger partial charge in [-0.25, -0.2) is 39.7 Å².